The Morgan fingerprint density at radius 2 is 1.74 bits per heavy atom. The van der Waals surface area contributed by atoms with E-state index in [9.17, 15) is 0 Å². The highest BCUT2D eigenvalue weighted by Crippen LogP contribution is 2.37. The average molecular weight is 279 g/mol. The number of hydrogen-bond donors (Lipinski definition) is 0. The lowest BCUT2D eigenvalue weighted by Crippen LogP contribution is -2.41. The van der Waals surface area contributed by atoms with Gasteiger partial charge in [0.2, 0.25) is 0 Å². The largest absolute Gasteiger partial charge is 0.487 e. The van der Waals surface area contributed by atoms with E-state index in [0.29, 0.717) is 0 Å². The second kappa shape index (κ2) is 4.97. The Kier molecular flexibility index (Phi) is 3.83. The first-order chi connectivity index (χ1) is 8.71. The van der Waals surface area contributed by atoms with E-state index in [-0.39, 0.29) is 18.3 Å². The van der Waals surface area contributed by atoms with Crippen LogP contribution in [0.5, 0.6) is 0 Å². The molecule has 1 saturated heterocycles. The van der Waals surface area contributed by atoms with Crippen molar-refractivity contribution >= 4 is 24.3 Å². The van der Waals surface area contributed by atoms with Crippen LogP contribution in [0.4, 0.5) is 0 Å². The van der Waals surface area contributed by atoms with Crippen LogP contribution in [0.15, 0.2) is 30.2 Å². The molecular weight excluding hydrogens is 258 g/mol. The predicted octanol–water partition coefficient (Wildman–Crippen LogP) is 4.37. The lowest BCUT2D eigenvalue weighted by Gasteiger charge is -2.32. The zero-order valence-electron chi connectivity index (χ0n) is 12.2. The molecule has 2 rings (SSSR count). The van der Waals surface area contributed by atoms with Crippen molar-refractivity contribution in [2.24, 2.45) is 0 Å². The SMILES string of the molecule is CC(=CB1OC(C)(C)C(C)(C)O1)c1cccc(Cl)c1. The van der Waals surface area contributed by atoms with Crippen molar-refractivity contribution in [1.29, 1.82) is 0 Å². The van der Waals surface area contributed by atoms with Crippen LogP contribution in [-0.2, 0) is 9.31 Å². The summed E-state index contributed by atoms with van der Waals surface area (Å²) < 4.78 is 11.9. The smallest absolute Gasteiger partial charge is 0.400 e. The Bertz CT molecular complexity index is 493. The number of halogens is 1. The maximum atomic E-state index is 6.01. The molecule has 102 valence electrons. The molecule has 0 atom stereocenters. The van der Waals surface area contributed by atoms with Gasteiger partial charge in [-0.1, -0.05) is 35.3 Å². The fourth-order valence-electron chi connectivity index (χ4n) is 1.99. The Labute approximate surface area is 120 Å². The predicted molar refractivity (Wildman–Crippen MR) is 81.2 cm³/mol. The highest BCUT2D eigenvalue weighted by atomic mass is 35.5. The van der Waals surface area contributed by atoms with Crippen LogP contribution in [0.3, 0.4) is 0 Å². The fourth-order valence-corrected chi connectivity index (χ4v) is 2.18. The topological polar surface area (TPSA) is 18.5 Å². The monoisotopic (exact) mass is 278 g/mol. The summed E-state index contributed by atoms with van der Waals surface area (Å²) in [5, 5.41) is 0.735. The summed E-state index contributed by atoms with van der Waals surface area (Å²) in [6, 6.07) is 7.79. The average Bonchev–Trinajstić information content (AvgIpc) is 2.46. The second-order valence-electron chi connectivity index (χ2n) is 5.98. The normalized spacial score (nSPS) is 21.8. The molecule has 1 aliphatic rings. The molecule has 0 spiro atoms. The van der Waals surface area contributed by atoms with Crippen LogP contribution in [0, 0.1) is 0 Å². The number of rotatable bonds is 2. The van der Waals surface area contributed by atoms with Gasteiger partial charge in [0.15, 0.2) is 0 Å². The van der Waals surface area contributed by atoms with Gasteiger partial charge in [0.25, 0.3) is 0 Å². The minimum Gasteiger partial charge on any atom is -0.400 e. The van der Waals surface area contributed by atoms with Gasteiger partial charge in [-0.2, -0.15) is 0 Å². The van der Waals surface area contributed by atoms with Gasteiger partial charge in [-0.15, -0.1) is 0 Å². The molecule has 1 fully saturated rings. The Morgan fingerprint density at radius 3 is 2.26 bits per heavy atom. The van der Waals surface area contributed by atoms with Crippen LogP contribution < -0.4 is 0 Å². The molecule has 0 aromatic heterocycles. The maximum absolute atomic E-state index is 6.01. The summed E-state index contributed by atoms with van der Waals surface area (Å²) in [7, 11) is -0.316. The third kappa shape index (κ3) is 3.05. The van der Waals surface area contributed by atoms with Crippen LogP contribution in [0.1, 0.15) is 40.2 Å². The quantitative estimate of drug-likeness (QED) is 0.748. The van der Waals surface area contributed by atoms with Gasteiger partial charge in [-0.05, 0) is 52.3 Å². The van der Waals surface area contributed by atoms with Crippen molar-refractivity contribution < 1.29 is 9.31 Å². The minimum absolute atomic E-state index is 0.303. The van der Waals surface area contributed by atoms with Gasteiger partial charge in [0.1, 0.15) is 0 Å². The van der Waals surface area contributed by atoms with Crippen LogP contribution in [0.25, 0.3) is 5.57 Å². The van der Waals surface area contributed by atoms with E-state index >= 15 is 0 Å². The van der Waals surface area contributed by atoms with Crippen LogP contribution in [-0.4, -0.2) is 18.3 Å². The minimum atomic E-state index is -0.316. The zero-order valence-corrected chi connectivity index (χ0v) is 12.9. The van der Waals surface area contributed by atoms with E-state index in [1.54, 1.807) is 0 Å². The lowest BCUT2D eigenvalue weighted by molar-refractivity contribution is 0.00578. The highest BCUT2D eigenvalue weighted by Gasteiger charge is 2.50. The van der Waals surface area contributed by atoms with E-state index in [1.807, 2.05) is 37.2 Å². The van der Waals surface area contributed by atoms with Crippen molar-refractivity contribution in [3.63, 3.8) is 0 Å². The van der Waals surface area contributed by atoms with Crippen molar-refractivity contribution in [3.8, 4) is 0 Å². The third-order valence-corrected chi connectivity index (χ3v) is 4.17. The van der Waals surface area contributed by atoms with E-state index < -0.39 is 0 Å². The van der Waals surface area contributed by atoms with Crippen LogP contribution >= 0.6 is 11.6 Å². The van der Waals surface area contributed by atoms with Gasteiger partial charge in [0, 0.05) is 5.02 Å². The van der Waals surface area contributed by atoms with E-state index in [1.165, 1.54) is 0 Å². The van der Waals surface area contributed by atoms with E-state index in [2.05, 4.69) is 27.7 Å². The summed E-state index contributed by atoms with van der Waals surface area (Å²) in [4.78, 5) is 0. The van der Waals surface area contributed by atoms with Gasteiger partial charge in [0.05, 0.1) is 11.2 Å². The van der Waals surface area contributed by atoms with Gasteiger partial charge < -0.3 is 9.31 Å². The van der Waals surface area contributed by atoms with Gasteiger partial charge in [-0.25, -0.2) is 0 Å². The molecule has 0 radical (unpaired) electrons. The van der Waals surface area contributed by atoms with Gasteiger partial charge >= 0.3 is 7.12 Å². The molecule has 1 aliphatic heterocycles. The van der Waals surface area contributed by atoms with Crippen LogP contribution in [0.2, 0.25) is 5.02 Å². The standard InChI is InChI=1S/C15H20BClO2/c1-11(12-7-6-8-13(17)9-12)10-16-18-14(2,3)15(4,5)19-16/h6-10H,1-5H3. The molecule has 1 aromatic carbocycles. The molecular formula is C15H20BClO2. The summed E-state index contributed by atoms with van der Waals surface area (Å²) in [5.41, 5.74) is 1.58. The molecule has 0 bridgehead atoms. The summed E-state index contributed by atoms with van der Waals surface area (Å²) in [6.45, 7) is 10.2. The Morgan fingerprint density at radius 1 is 1.16 bits per heavy atom. The summed E-state index contributed by atoms with van der Waals surface area (Å²) >= 11 is 6.01. The number of allylic oxidation sites excluding steroid dienone is 1. The van der Waals surface area contributed by atoms with Crippen molar-refractivity contribution in [2.75, 3.05) is 0 Å². The van der Waals surface area contributed by atoms with Crippen molar-refractivity contribution in [1.82, 2.24) is 0 Å². The molecule has 1 aromatic rings. The second-order valence-corrected chi connectivity index (χ2v) is 6.42. The highest BCUT2D eigenvalue weighted by molar-refractivity contribution is 6.53. The maximum Gasteiger partial charge on any atom is 0.487 e. The first kappa shape index (κ1) is 14.6. The first-order valence-corrected chi connectivity index (χ1v) is 6.89. The zero-order chi connectivity index (χ0) is 14.3. The van der Waals surface area contributed by atoms with Gasteiger partial charge in [-0.3, -0.25) is 0 Å². The molecule has 0 saturated carbocycles. The van der Waals surface area contributed by atoms with E-state index in [0.717, 1.165) is 16.2 Å². The summed E-state index contributed by atoms with van der Waals surface area (Å²) in [6.07, 6.45) is 0. The molecule has 0 amide bonds. The van der Waals surface area contributed by atoms with E-state index in [4.69, 9.17) is 20.9 Å². The van der Waals surface area contributed by atoms with Crippen molar-refractivity contribution in [3.05, 3.63) is 40.8 Å². The summed E-state index contributed by atoms with van der Waals surface area (Å²) in [5.74, 6) is 2.00. The molecule has 0 unspecified atom stereocenters. The molecule has 4 heteroatoms. The molecule has 0 N–H and O–H groups in total. The van der Waals surface area contributed by atoms with Crippen molar-refractivity contribution in [2.45, 2.75) is 45.8 Å². The Balaban J connectivity index is 2.20. The molecule has 2 nitrogen and oxygen atoms in total. The molecule has 1 heterocycles. The number of benzene rings is 1. The third-order valence-electron chi connectivity index (χ3n) is 3.94. The Hall–Kier alpha value is -0.765. The lowest BCUT2D eigenvalue weighted by atomic mass is 9.85. The molecule has 19 heavy (non-hydrogen) atoms. The fraction of sp³-hybridized carbons (Fsp3) is 0.467. The molecule has 0 aliphatic carbocycles. The first-order valence-electron chi connectivity index (χ1n) is 6.51. The number of hydrogen-bond acceptors (Lipinski definition) is 2.